The highest BCUT2D eigenvalue weighted by Gasteiger charge is 2.12. The van der Waals surface area contributed by atoms with Gasteiger partial charge in [-0.05, 0) is 25.0 Å². The Morgan fingerprint density at radius 2 is 1.92 bits per heavy atom. The minimum absolute atomic E-state index is 0. The average Bonchev–Trinajstić information content (AvgIpc) is 2.01. The summed E-state index contributed by atoms with van der Waals surface area (Å²) in [6.07, 6.45) is 0. The van der Waals surface area contributed by atoms with Gasteiger partial charge in [-0.1, -0.05) is 6.07 Å². The summed E-state index contributed by atoms with van der Waals surface area (Å²) < 4.78 is 0. The maximum atomic E-state index is 8.48. The van der Waals surface area contributed by atoms with Crippen molar-refractivity contribution in [2.45, 2.75) is 13.8 Å². The molecular formula is C8H10ClN3. The third-order valence-electron chi connectivity index (χ3n) is 1.87. The highest BCUT2D eigenvalue weighted by atomic mass is 35.5. The molecule has 0 atom stereocenters. The van der Waals surface area contributed by atoms with Gasteiger partial charge in [0.05, 0.1) is 0 Å². The lowest BCUT2D eigenvalue weighted by Gasteiger charge is -1.98. The fourth-order valence-corrected chi connectivity index (χ4v) is 0.910. The van der Waals surface area contributed by atoms with Gasteiger partial charge in [0.2, 0.25) is 5.39 Å². The van der Waals surface area contributed by atoms with Crippen LogP contribution in [0.2, 0.25) is 0 Å². The lowest BCUT2D eigenvalue weighted by atomic mass is 10.1. The smallest absolute Gasteiger partial charge is 0.407 e. The molecule has 0 amide bonds. The normalized spacial score (nSPS) is 8.42. The first kappa shape index (κ1) is 10.7. The highest BCUT2D eigenvalue weighted by molar-refractivity contribution is 5.71. The first-order chi connectivity index (χ1) is 5.16. The third kappa shape index (κ3) is 1.66. The Bertz CT molecular complexity index is 328. The van der Waals surface area contributed by atoms with Crippen molar-refractivity contribution >= 4 is 11.4 Å². The summed E-state index contributed by atoms with van der Waals surface area (Å²) in [5, 5.41) is 8.48. The maximum Gasteiger partial charge on any atom is 0.407 e. The molecule has 0 aliphatic carbocycles. The van der Waals surface area contributed by atoms with Crippen molar-refractivity contribution in [3.05, 3.63) is 28.2 Å². The van der Waals surface area contributed by atoms with Crippen LogP contribution in [0.1, 0.15) is 11.1 Å². The number of rotatable bonds is 0. The molecule has 1 rings (SSSR count). The molecule has 0 saturated heterocycles. The summed E-state index contributed by atoms with van der Waals surface area (Å²) in [5.74, 6) is 0. The van der Waals surface area contributed by atoms with E-state index in [9.17, 15) is 0 Å². The monoisotopic (exact) mass is 183 g/mol. The van der Waals surface area contributed by atoms with E-state index in [4.69, 9.17) is 11.1 Å². The standard InChI is InChI=1S/C8H10N3.ClH/c1-5-3-4-7(11-10)8(9)6(5)2;/h3-4H,9H2,1-2H3;1H/q+1;/p-1. The Kier molecular flexibility index (Phi) is 3.52. The fourth-order valence-electron chi connectivity index (χ4n) is 0.910. The zero-order chi connectivity index (χ0) is 8.43. The van der Waals surface area contributed by atoms with E-state index in [0.717, 1.165) is 11.1 Å². The molecule has 0 bridgehead atoms. The van der Waals surface area contributed by atoms with Crippen molar-refractivity contribution in [3.8, 4) is 0 Å². The second kappa shape index (κ2) is 3.93. The number of nitrogen functional groups attached to an aromatic ring is 1. The molecule has 12 heavy (non-hydrogen) atoms. The zero-order valence-electron chi connectivity index (χ0n) is 7.00. The van der Waals surface area contributed by atoms with Gasteiger partial charge < -0.3 is 18.1 Å². The van der Waals surface area contributed by atoms with Crippen LogP contribution in [0.15, 0.2) is 12.1 Å². The number of hydrogen-bond donors (Lipinski definition) is 1. The van der Waals surface area contributed by atoms with Crippen molar-refractivity contribution in [3.63, 3.8) is 0 Å². The molecular weight excluding hydrogens is 174 g/mol. The summed E-state index contributed by atoms with van der Waals surface area (Å²) in [5.41, 5.74) is 8.71. The van der Waals surface area contributed by atoms with E-state index in [1.807, 2.05) is 19.9 Å². The van der Waals surface area contributed by atoms with Gasteiger partial charge in [0.25, 0.3) is 0 Å². The van der Waals surface area contributed by atoms with Gasteiger partial charge in [-0.15, -0.1) is 0 Å². The van der Waals surface area contributed by atoms with Crippen LogP contribution in [0.5, 0.6) is 0 Å². The average molecular weight is 184 g/mol. The topological polar surface area (TPSA) is 54.2 Å². The van der Waals surface area contributed by atoms with E-state index < -0.39 is 0 Å². The van der Waals surface area contributed by atoms with Crippen LogP contribution in [0.25, 0.3) is 4.98 Å². The van der Waals surface area contributed by atoms with Gasteiger partial charge in [-0.3, -0.25) is 0 Å². The molecule has 0 aromatic heterocycles. The molecule has 2 N–H and O–H groups in total. The van der Waals surface area contributed by atoms with Crippen molar-refractivity contribution in [1.29, 1.82) is 5.39 Å². The first-order valence-electron chi connectivity index (χ1n) is 3.37. The Balaban J connectivity index is 0.00000121. The number of nitrogens with two attached hydrogens (primary N) is 1. The molecule has 0 saturated carbocycles. The summed E-state index contributed by atoms with van der Waals surface area (Å²) in [6.45, 7) is 3.87. The lowest BCUT2D eigenvalue weighted by Crippen LogP contribution is -3.00. The van der Waals surface area contributed by atoms with E-state index in [1.165, 1.54) is 0 Å². The number of nitrogens with zero attached hydrogens (tertiary/aromatic N) is 2. The molecule has 0 unspecified atom stereocenters. The van der Waals surface area contributed by atoms with Gasteiger partial charge in [0.15, 0.2) is 4.98 Å². The Labute approximate surface area is 77.6 Å². The molecule has 1 aromatic carbocycles. The van der Waals surface area contributed by atoms with Gasteiger partial charge >= 0.3 is 5.69 Å². The van der Waals surface area contributed by atoms with Crippen LogP contribution in [0.3, 0.4) is 0 Å². The molecule has 0 radical (unpaired) electrons. The number of benzene rings is 1. The maximum absolute atomic E-state index is 8.48. The van der Waals surface area contributed by atoms with Crippen LogP contribution in [0.4, 0.5) is 11.4 Å². The van der Waals surface area contributed by atoms with Gasteiger partial charge in [-0.25, -0.2) is 0 Å². The molecule has 3 nitrogen and oxygen atoms in total. The van der Waals surface area contributed by atoms with E-state index in [-0.39, 0.29) is 12.4 Å². The summed E-state index contributed by atoms with van der Waals surface area (Å²) in [7, 11) is 0. The van der Waals surface area contributed by atoms with Crippen LogP contribution < -0.4 is 18.1 Å². The number of anilines is 1. The zero-order valence-corrected chi connectivity index (χ0v) is 7.76. The molecule has 64 valence electrons. The Hall–Kier alpha value is -1.27. The molecule has 1 aromatic rings. The molecule has 0 aliphatic heterocycles. The van der Waals surface area contributed by atoms with Crippen molar-refractivity contribution in [2.24, 2.45) is 0 Å². The van der Waals surface area contributed by atoms with Crippen molar-refractivity contribution in [1.82, 2.24) is 0 Å². The Morgan fingerprint density at radius 3 is 2.42 bits per heavy atom. The molecule has 4 heteroatoms. The third-order valence-corrected chi connectivity index (χ3v) is 1.87. The Morgan fingerprint density at radius 1 is 1.33 bits per heavy atom. The molecule has 0 aliphatic rings. The van der Waals surface area contributed by atoms with Gasteiger partial charge in [0.1, 0.15) is 5.69 Å². The highest BCUT2D eigenvalue weighted by Crippen LogP contribution is 2.27. The summed E-state index contributed by atoms with van der Waals surface area (Å²) in [4.78, 5) is 3.05. The quantitative estimate of drug-likeness (QED) is 0.430. The fraction of sp³-hybridized carbons (Fsp3) is 0.250. The SMILES string of the molecule is Cc1ccc([N+]#N)c(N)c1C.[Cl-]. The number of diazo groups is 1. The van der Waals surface area contributed by atoms with E-state index in [1.54, 1.807) is 6.07 Å². The predicted molar refractivity (Wildman–Crippen MR) is 45.1 cm³/mol. The van der Waals surface area contributed by atoms with Gasteiger partial charge in [0, 0.05) is 6.07 Å². The van der Waals surface area contributed by atoms with Crippen molar-refractivity contribution < 1.29 is 12.4 Å². The van der Waals surface area contributed by atoms with Gasteiger partial charge in [-0.2, -0.15) is 0 Å². The first-order valence-corrected chi connectivity index (χ1v) is 3.37. The number of aryl methyl sites for hydroxylation is 1. The minimum Gasteiger partial charge on any atom is -1.00 e. The largest absolute Gasteiger partial charge is 1.00 e. The second-order valence-corrected chi connectivity index (χ2v) is 2.54. The van der Waals surface area contributed by atoms with Crippen LogP contribution >= 0.6 is 0 Å². The number of halogens is 1. The summed E-state index contributed by atoms with van der Waals surface area (Å²) >= 11 is 0. The predicted octanol–water partition coefficient (Wildman–Crippen LogP) is -0.626. The lowest BCUT2D eigenvalue weighted by molar-refractivity contribution is -0.00000264. The molecule has 0 heterocycles. The van der Waals surface area contributed by atoms with E-state index in [0.29, 0.717) is 11.4 Å². The van der Waals surface area contributed by atoms with Crippen LogP contribution in [-0.2, 0) is 0 Å². The van der Waals surface area contributed by atoms with Crippen LogP contribution in [0, 0.1) is 19.2 Å². The van der Waals surface area contributed by atoms with E-state index in [2.05, 4.69) is 4.98 Å². The van der Waals surface area contributed by atoms with E-state index >= 15 is 0 Å². The van der Waals surface area contributed by atoms with Crippen molar-refractivity contribution in [2.75, 3.05) is 5.73 Å². The summed E-state index contributed by atoms with van der Waals surface area (Å²) in [6, 6.07) is 3.57. The molecule has 0 fully saturated rings. The molecule has 0 spiro atoms. The number of hydrogen-bond acceptors (Lipinski definition) is 2. The second-order valence-electron chi connectivity index (χ2n) is 2.54. The van der Waals surface area contributed by atoms with Crippen LogP contribution in [-0.4, -0.2) is 0 Å². The minimum atomic E-state index is 0.